The summed E-state index contributed by atoms with van der Waals surface area (Å²) in [6, 6.07) is 0. The molecule has 1 atom stereocenters. The molecule has 0 radical (unpaired) electrons. The van der Waals surface area contributed by atoms with E-state index in [2.05, 4.69) is 21.0 Å². The van der Waals surface area contributed by atoms with Gasteiger partial charge in [0.1, 0.15) is 0 Å². The number of thioether (sulfide) groups is 1. The molecule has 2 heterocycles. The number of ketones is 1. The summed E-state index contributed by atoms with van der Waals surface area (Å²) in [5, 5.41) is 8.28. The molecule has 0 saturated carbocycles. The number of Topliss-reactive ketones (excluding diaryl/α,β-unsaturated/α-hetero) is 1. The molecule has 0 aromatic carbocycles. The Hall–Kier alpha value is -0.0100. The van der Waals surface area contributed by atoms with Crippen molar-refractivity contribution in [2.24, 2.45) is 5.10 Å². The monoisotopic (exact) mass is 341 g/mol. The normalized spacial score (nSPS) is 23.3. The van der Waals surface area contributed by atoms with Crippen molar-refractivity contribution >= 4 is 56.3 Å². The van der Waals surface area contributed by atoms with Crippen LogP contribution in [0.2, 0.25) is 0 Å². The summed E-state index contributed by atoms with van der Waals surface area (Å²) in [6.07, 6.45) is 1.88. The van der Waals surface area contributed by atoms with E-state index in [1.807, 2.05) is 23.6 Å². The van der Waals surface area contributed by atoms with Crippen molar-refractivity contribution in [3.05, 3.63) is 11.6 Å². The molecule has 0 aromatic heterocycles. The maximum Gasteiger partial charge on any atom is 0.210 e. The molecule has 2 aliphatic rings. The van der Waals surface area contributed by atoms with Crippen LogP contribution in [0.15, 0.2) is 16.7 Å². The van der Waals surface area contributed by atoms with Crippen LogP contribution in [0.1, 0.15) is 0 Å². The predicted molar refractivity (Wildman–Crippen MR) is 66.7 cm³/mol. The molecule has 0 bridgehead atoms. The first-order chi connectivity index (χ1) is 6.24. The highest BCUT2D eigenvalue weighted by atomic mass is 79.9. The van der Waals surface area contributed by atoms with Gasteiger partial charge in [0.05, 0.1) is 5.33 Å². The fourth-order valence-corrected chi connectivity index (χ4v) is 2.36. The Balaban J connectivity index is 0.000000980. The van der Waals surface area contributed by atoms with Crippen LogP contribution < -0.4 is 0 Å². The van der Waals surface area contributed by atoms with Crippen LogP contribution in [0, 0.1) is 0 Å². The van der Waals surface area contributed by atoms with Gasteiger partial charge in [-0.25, -0.2) is 5.01 Å². The van der Waals surface area contributed by atoms with E-state index in [0.717, 1.165) is 0 Å². The highest BCUT2D eigenvalue weighted by Gasteiger charge is 2.35. The van der Waals surface area contributed by atoms with Gasteiger partial charge in [0.15, 0.2) is 11.3 Å². The Bertz CT molecular complexity index is 307. The van der Waals surface area contributed by atoms with Crippen LogP contribution in [0.4, 0.5) is 0 Å². The van der Waals surface area contributed by atoms with Crippen molar-refractivity contribution in [2.45, 2.75) is 5.50 Å². The van der Waals surface area contributed by atoms with Crippen molar-refractivity contribution in [1.29, 1.82) is 0 Å². The molecule has 0 aliphatic carbocycles. The Morgan fingerprint density at radius 2 is 2.50 bits per heavy atom. The summed E-state index contributed by atoms with van der Waals surface area (Å²) in [5.74, 6) is 0.546. The number of carbonyl (C=O) groups excluding carboxylic acids is 1. The van der Waals surface area contributed by atoms with Crippen molar-refractivity contribution in [3.63, 3.8) is 0 Å². The molecule has 4 nitrogen and oxygen atoms in total. The molecule has 0 amide bonds. The van der Waals surface area contributed by atoms with Crippen LogP contribution in [-0.4, -0.2) is 39.4 Å². The van der Waals surface area contributed by atoms with E-state index in [9.17, 15) is 4.79 Å². The number of fused-ring (bicyclic) bond motifs is 1. The molecular formula is C7H9Br2N3OS. The van der Waals surface area contributed by atoms with Crippen LogP contribution in [0.25, 0.3) is 0 Å². The van der Waals surface area contributed by atoms with Crippen molar-refractivity contribution in [2.75, 3.05) is 12.4 Å². The first-order valence-electron chi connectivity index (χ1n) is 3.75. The zero-order valence-electron chi connectivity index (χ0n) is 7.38. The van der Waals surface area contributed by atoms with Gasteiger partial charge in [0, 0.05) is 13.2 Å². The van der Waals surface area contributed by atoms with Gasteiger partial charge < -0.3 is 4.90 Å². The predicted octanol–water partition coefficient (Wildman–Crippen LogP) is 1.59. The lowest BCUT2D eigenvalue weighted by Crippen LogP contribution is -2.36. The topological polar surface area (TPSA) is 35.9 Å². The molecule has 2 rings (SSSR count). The maximum absolute atomic E-state index is 11.4. The summed E-state index contributed by atoms with van der Waals surface area (Å²) >= 11 is 4.77. The standard InChI is InChI=1S/C7H8BrN3OS.BrH/c1-10-6(5(12)4-8)9-11-2-3-13-7(10)11;/h2-3,7H,4H2,1H3;1H. The molecule has 0 fully saturated rings. The minimum absolute atomic E-state index is 0. The van der Waals surface area contributed by atoms with E-state index >= 15 is 0 Å². The Morgan fingerprint density at radius 3 is 3.07 bits per heavy atom. The number of rotatable bonds is 2. The first kappa shape index (κ1) is 12.1. The Labute approximate surface area is 105 Å². The minimum atomic E-state index is 0. The van der Waals surface area contributed by atoms with Gasteiger partial charge in [-0.3, -0.25) is 4.79 Å². The Kier molecular flexibility index (Phi) is 4.03. The molecule has 1 unspecified atom stereocenters. The third-order valence-electron chi connectivity index (χ3n) is 1.89. The number of nitrogens with zero attached hydrogens (tertiary/aromatic N) is 3. The third-order valence-corrected chi connectivity index (χ3v) is 3.45. The molecule has 7 heteroatoms. The molecule has 0 aromatic rings. The number of hydrogen-bond acceptors (Lipinski definition) is 5. The van der Waals surface area contributed by atoms with Gasteiger partial charge in [0.25, 0.3) is 0 Å². The van der Waals surface area contributed by atoms with E-state index < -0.39 is 0 Å². The number of hydrazone groups is 1. The van der Waals surface area contributed by atoms with E-state index in [-0.39, 0.29) is 28.3 Å². The second kappa shape index (κ2) is 4.67. The molecule has 0 spiro atoms. The molecule has 14 heavy (non-hydrogen) atoms. The number of halogens is 2. The minimum Gasteiger partial charge on any atom is -0.324 e. The van der Waals surface area contributed by atoms with Crippen molar-refractivity contribution in [1.82, 2.24) is 9.91 Å². The zero-order chi connectivity index (χ0) is 9.42. The summed E-state index contributed by atoms with van der Waals surface area (Å²) in [5.41, 5.74) is 0.137. The van der Waals surface area contributed by atoms with Gasteiger partial charge in [-0.2, -0.15) is 0 Å². The highest BCUT2D eigenvalue weighted by molar-refractivity contribution is 9.09. The second-order valence-corrected chi connectivity index (χ2v) is 4.25. The van der Waals surface area contributed by atoms with Gasteiger partial charge >= 0.3 is 0 Å². The van der Waals surface area contributed by atoms with E-state index in [1.165, 1.54) is 0 Å². The van der Waals surface area contributed by atoms with Gasteiger partial charge in [-0.05, 0) is 5.41 Å². The van der Waals surface area contributed by atoms with Crippen LogP contribution in [0.5, 0.6) is 0 Å². The molecule has 0 N–H and O–H groups in total. The summed E-state index contributed by atoms with van der Waals surface area (Å²) in [7, 11) is 1.88. The molecule has 78 valence electrons. The fourth-order valence-electron chi connectivity index (χ4n) is 1.25. The third kappa shape index (κ3) is 1.85. The van der Waals surface area contributed by atoms with E-state index in [1.54, 1.807) is 16.8 Å². The van der Waals surface area contributed by atoms with Crippen molar-refractivity contribution in [3.8, 4) is 0 Å². The summed E-state index contributed by atoms with van der Waals surface area (Å²) < 4.78 is 0. The van der Waals surface area contributed by atoms with Crippen LogP contribution in [0.3, 0.4) is 0 Å². The first-order valence-corrected chi connectivity index (χ1v) is 5.81. The molecule has 2 aliphatic heterocycles. The lowest BCUT2D eigenvalue weighted by molar-refractivity contribution is -0.111. The average molecular weight is 343 g/mol. The van der Waals surface area contributed by atoms with Crippen LogP contribution in [-0.2, 0) is 4.79 Å². The Morgan fingerprint density at radius 1 is 1.79 bits per heavy atom. The molecule has 0 saturated heterocycles. The zero-order valence-corrected chi connectivity index (χ0v) is 11.5. The SMILES string of the molecule is Br.CN1C(C(=O)CBr)=NN2C=CSC21. The lowest BCUT2D eigenvalue weighted by atomic mass is 10.4. The summed E-state index contributed by atoms with van der Waals surface area (Å²) in [6.45, 7) is 0. The van der Waals surface area contributed by atoms with Crippen molar-refractivity contribution < 1.29 is 4.79 Å². The number of alkyl halides is 1. The number of carbonyl (C=O) groups is 1. The average Bonchev–Trinajstić information content (AvgIpc) is 2.68. The number of hydrogen-bond donors (Lipinski definition) is 0. The van der Waals surface area contributed by atoms with E-state index in [0.29, 0.717) is 11.2 Å². The largest absolute Gasteiger partial charge is 0.324 e. The lowest BCUT2D eigenvalue weighted by Gasteiger charge is -2.20. The van der Waals surface area contributed by atoms with Crippen LogP contribution >= 0.6 is 44.7 Å². The maximum atomic E-state index is 11.4. The highest BCUT2D eigenvalue weighted by Crippen LogP contribution is 2.31. The number of likely N-dealkylation sites (N-methyl/N-ethyl adjacent to an activating group) is 1. The smallest absolute Gasteiger partial charge is 0.210 e. The quantitative estimate of drug-likeness (QED) is 0.714. The van der Waals surface area contributed by atoms with Gasteiger partial charge in [-0.1, -0.05) is 27.7 Å². The fraction of sp³-hybridized carbons (Fsp3) is 0.429. The number of amidine groups is 1. The van der Waals surface area contributed by atoms with Gasteiger partial charge in [-0.15, -0.1) is 22.1 Å². The van der Waals surface area contributed by atoms with E-state index in [4.69, 9.17) is 0 Å². The second-order valence-electron chi connectivity index (χ2n) is 2.72. The molecular weight excluding hydrogens is 334 g/mol. The van der Waals surface area contributed by atoms with Gasteiger partial charge in [0.2, 0.25) is 5.78 Å². The summed E-state index contributed by atoms with van der Waals surface area (Å²) in [4.78, 5) is 13.3.